The van der Waals surface area contributed by atoms with Gasteiger partial charge in [-0.05, 0) is 48.0 Å². The predicted octanol–water partition coefficient (Wildman–Crippen LogP) is 4.00. The van der Waals surface area contributed by atoms with Gasteiger partial charge in [-0.3, -0.25) is 4.79 Å². The van der Waals surface area contributed by atoms with Crippen molar-refractivity contribution in [1.82, 2.24) is 14.2 Å². The van der Waals surface area contributed by atoms with Gasteiger partial charge in [0.15, 0.2) is 0 Å². The van der Waals surface area contributed by atoms with E-state index in [9.17, 15) is 9.18 Å². The zero-order chi connectivity index (χ0) is 17.4. The average Bonchev–Trinajstić information content (AvgIpc) is 3.05. The molecule has 0 fully saturated rings. The minimum absolute atomic E-state index is 0.140. The monoisotopic (exact) mass is 353 g/mol. The van der Waals surface area contributed by atoms with Crippen molar-refractivity contribution in [3.63, 3.8) is 0 Å². The summed E-state index contributed by atoms with van der Waals surface area (Å²) in [4.78, 5) is 12.7. The van der Waals surface area contributed by atoms with Crippen molar-refractivity contribution in [1.29, 1.82) is 0 Å². The van der Waals surface area contributed by atoms with Gasteiger partial charge < -0.3 is 4.57 Å². The standard InChI is InChI=1S/C19H13ClFN3O/c20-15-5-1-13(2-6-15)12-23-9-10-24-18(19(23)25)11-17(22-24)14-3-7-16(21)8-4-14/h1-11H,12H2. The van der Waals surface area contributed by atoms with Gasteiger partial charge in [-0.1, -0.05) is 23.7 Å². The van der Waals surface area contributed by atoms with Crippen LogP contribution in [0.25, 0.3) is 16.8 Å². The molecule has 4 aromatic rings. The zero-order valence-electron chi connectivity index (χ0n) is 13.1. The summed E-state index contributed by atoms with van der Waals surface area (Å²) in [5.74, 6) is -0.308. The Morgan fingerprint density at radius 3 is 2.44 bits per heavy atom. The predicted molar refractivity (Wildman–Crippen MR) is 95.4 cm³/mol. The fourth-order valence-corrected chi connectivity index (χ4v) is 2.82. The van der Waals surface area contributed by atoms with Crippen molar-refractivity contribution in [3.05, 3.63) is 93.7 Å². The Balaban J connectivity index is 1.73. The molecule has 0 atom stereocenters. The topological polar surface area (TPSA) is 39.3 Å². The van der Waals surface area contributed by atoms with Crippen LogP contribution in [-0.4, -0.2) is 14.2 Å². The Hall–Kier alpha value is -2.92. The molecule has 6 heteroatoms. The SMILES string of the molecule is O=c1c2cc(-c3ccc(F)cc3)nn2ccn1Cc1ccc(Cl)cc1. The van der Waals surface area contributed by atoms with E-state index in [1.807, 2.05) is 12.1 Å². The largest absolute Gasteiger partial charge is 0.308 e. The molecule has 0 saturated carbocycles. The van der Waals surface area contributed by atoms with Gasteiger partial charge in [0.2, 0.25) is 0 Å². The molecule has 25 heavy (non-hydrogen) atoms. The first-order valence-electron chi connectivity index (χ1n) is 7.69. The van der Waals surface area contributed by atoms with Crippen LogP contribution in [0.2, 0.25) is 5.02 Å². The molecule has 2 aromatic heterocycles. The van der Waals surface area contributed by atoms with Crippen molar-refractivity contribution in [2.45, 2.75) is 6.54 Å². The zero-order valence-corrected chi connectivity index (χ0v) is 13.8. The van der Waals surface area contributed by atoms with Crippen LogP contribution in [0.5, 0.6) is 0 Å². The molecule has 0 spiro atoms. The van der Waals surface area contributed by atoms with E-state index in [-0.39, 0.29) is 11.4 Å². The van der Waals surface area contributed by atoms with Crippen LogP contribution in [0, 0.1) is 5.82 Å². The summed E-state index contributed by atoms with van der Waals surface area (Å²) >= 11 is 5.89. The molecule has 2 heterocycles. The number of fused-ring (bicyclic) bond motifs is 1. The second-order valence-corrected chi connectivity index (χ2v) is 6.16. The summed E-state index contributed by atoms with van der Waals surface area (Å²) in [5.41, 5.74) is 2.69. The molecular weight excluding hydrogens is 341 g/mol. The first kappa shape index (κ1) is 15.6. The van der Waals surface area contributed by atoms with Crippen molar-refractivity contribution in [2.24, 2.45) is 0 Å². The third-order valence-corrected chi connectivity index (χ3v) is 4.26. The number of hydrogen-bond acceptors (Lipinski definition) is 2. The number of hydrogen-bond donors (Lipinski definition) is 0. The molecule has 4 nitrogen and oxygen atoms in total. The average molecular weight is 354 g/mol. The van der Waals surface area contributed by atoms with Crippen LogP contribution >= 0.6 is 11.6 Å². The molecule has 124 valence electrons. The van der Waals surface area contributed by atoms with Gasteiger partial charge in [0.1, 0.15) is 11.3 Å². The normalized spacial score (nSPS) is 11.1. The van der Waals surface area contributed by atoms with Crippen molar-refractivity contribution < 1.29 is 4.39 Å². The summed E-state index contributed by atoms with van der Waals surface area (Å²) in [7, 11) is 0. The van der Waals surface area contributed by atoms with Gasteiger partial charge >= 0.3 is 0 Å². The summed E-state index contributed by atoms with van der Waals surface area (Å²) in [6.45, 7) is 0.448. The Kier molecular flexibility index (Phi) is 3.86. The lowest BCUT2D eigenvalue weighted by Crippen LogP contribution is -2.21. The van der Waals surface area contributed by atoms with Crippen LogP contribution in [0.3, 0.4) is 0 Å². The van der Waals surface area contributed by atoms with Crippen LogP contribution in [0.15, 0.2) is 71.8 Å². The van der Waals surface area contributed by atoms with E-state index in [4.69, 9.17) is 11.6 Å². The molecule has 0 amide bonds. The van der Waals surface area contributed by atoms with E-state index >= 15 is 0 Å². The molecule has 0 radical (unpaired) electrons. The molecule has 0 bridgehead atoms. The Bertz CT molecular complexity index is 1100. The maximum Gasteiger partial charge on any atom is 0.276 e. The van der Waals surface area contributed by atoms with Crippen molar-refractivity contribution >= 4 is 17.1 Å². The Morgan fingerprint density at radius 1 is 1.00 bits per heavy atom. The van der Waals surface area contributed by atoms with Gasteiger partial charge in [0.05, 0.1) is 12.2 Å². The Morgan fingerprint density at radius 2 is 1.72 bits per heavy atom. The van der Waals surface area contributed by atoms with Crippen LogP contribution < -0.4 is 5.56 Å². The molecule has 0 aliphatic rings. The van der Waals surface area contributed by atoms with E-state index < -0.39 is 0 Å². The third-order valence-electron chi connectivity index (χ3n) is 4.01. The van der Waals surface area contributed by atoms with Gasteiger partial charge in [-0.2, -0.15) is 5.10 Å². The quantitative estimate of drug-likeness (QED) is 0.558. The fraction of sp³-hybridized carbons (Fsp3) is 0.0526. The van der Waals surface area contributed by atoms with E-state index in [1.165, 1.54) is 12.1 Å². The number of nitrogens with zero attached hydrogens (tertiary/aromatic N) is 3. The van der Waals surface area contributed by atoms with Gasteiger partial charge in [-0.15, -0.1) is 0 Å². The highest BCUT2D eigenvalue weighted by atomic mass is 35.5. The van der Waals surface area contributed by atoms with Gasteiger partial charge in [0, 0.05) is 23.0 Å². The fourth-order valence-electron chi connectivity index (χ4n) is 2.70. The van der Waals surface area contributed by atoms with E-state index in [2.05, 4.69) is 5.10 Å². The number of aromatic nitrogens is 3. The number of rotatable bonds is 3. The maximum absolute atomic E-state index is 13.1. The second-order valence-electron chi connectivity index (χ2n) is 5.72. The van der Waals surface area contributed by atoms with E-state index in [0.29, 0.717) is 22.8 Å². The summed E-state index contributed by atoms with van der Waals surface area (Å²) in [5, 5.41) is 5.06. The van der Waals surface area contributed by atoms with Gasteiger partial charge in [-0.25, -0.2) is 8.91 Å². The smallest absolute Gasteiger partial charge is 0.276 e. The van der Waals surface area contributed by atoms with Crippen LogP contribution in [-0.2, 0) is 6.54 Å². The lowest BCUT2D eigenvalue weighted by atomic mass is 10.1. The highest BCUT2D eigenvalue weighted by Crippen LogP contribution is 2.19. The minimum atomic E-state index is -0.308. The summed E-state index contributed by atoms with van der Waals surface area (Å²) in [6.07, 6.45) is 3.44. The molecule has 0 unspecified atom stereocenters. The second kappa shape index (κ2) is 6.18. The number of benzene rings is 2. The molecule has 4 rings (SSSR count). The maximum atomic E-state index is 13.1. The molecule has 0 saturated heterocycles. The molecule has 0 aliphatic heterocycles. The van der Waals surface area contributed by atoms with E-state index in [1.54, 1.807) is 51.8 Å². The van der Waals surface area contributed by atoms with Crippen molar-refractivity contribution in [2.75, 3.05) is 0 Å². The van der Waals surface area contributed by atoms with Crippen LogP contribution in [0.4, 0.5) is 4.39 Å². The van der Waals surface area contributed by atoms with E-state index in [0.717, 1.165) is 11.1 Å². The van der Waals surface area contributed by atoms with Gasteiger partial charge in [0.25, 0.3) is 5.56 Å². The molecular formula is C19H13ClFN3O. The first-order valence-corrected chi connectivity index (χ1v) is 8.07. The third kappa shape index (κ3) is 3.06. The van der Waals surface area contributed by atoms with Crippen molar-refractivity contribution in [3.8, 4) is 11.3 Å². The van der Waals surface area contributed by atoms with Crippen LogP contribution in [0.1, 0.15) is 5.56 Å². The summed E-state index contributed by atoms with van der Waals surface area (Å²) < 4.78 is 16.2. The Labute approximate surface area is 147 Å². The summed E-state index contributed by atoms with van der Waals surface area (Å²) in [6, 6.07) is 15.1. The lowest BCUT2D eigenvalue weighted by molar-refractivity contribution is 0.628. The minimum Gasteiger partial charge on any atom is -0.308 e. The highest BCUT2D eigenvalue weighted by molar-refractivity contribution is 6.30. The number of halogens is 2. The first-order chi connectivity index (χ1) is 12.1. The molecule has 0 aliphatic carbocycles. The molecule has 2 aromatic carbocycles. The highest BCUT2D eigenvalue weighted by Gasteiger charge is 2.09. The molecule has 0 N–H and O–H groups in total. The lowest BCUT2D eigenvalue weighted by Gasteiger charge is -2.06.